The van der Waals surface area contributed by atoms with E-state index in [0.29, 0.717) is 25.2 Å². The normalized spacial score (nSPS) is 19.8. The number of hydrogen-bond acceptors (Lipinski definition) is 4. The number of ether oxygens (including phenoxy) is 1. The molecule has 0 radical (unpaired) electrons. The van der Waals surface area contributed by atoms with Crippen LogP contribution in [0.2, 0.25) is 0 Å². The lowest BCUT2D eigenvalue weighted by molar-refractivity contribution is 0.0283. The highest BCUT2D eigenvalue weighted by Gasteiger charge is 2.29. The second-order valence-electron chi connectivity index (χ2n) is 6.02. The van der Waals surface area contributed by atoms with E-state index in [-0.39, 0.29) is 35.5 Å². The fraction of sp³-hybridized carbons (Fsp3) is 0.588. The van der Waals surface area contributed by atoms with E-state index in [2.05, 4.69) is 32.9 Å². The van der Waals surface area contributed by atoms with Crippen molar-refractivity contribution in [2.45, 2.75) is 32.3 Å². The van der Waals surface area contributed by atoms with Crippen molar-refractivity contribution in [1.29, 1.82) is 0 Å². The molecular weight excluding hydrogens is 433 g/mol. The molecule has 2 heterocycles. The van der Waals surface area contributed by atoms with Crippen molar-refractivity contribution in [3.63, 3.8) is 0 Å². The Kier molecular flexibility index (Phi) is 9.73. The van der Waals surface area contributed by atoms with Gasteiger partial charge in [-0.2, -0.15) is 0 Å². The van der Waals surface area contributed by atoms with Crippen LogP contribution < -0.4 is 16.0 Å². The van der Waals surface area contributed by atoms with Gasteiger partial charge in [0.25, 0.3) is 5.91 Å². The molecule has 7 nitrogen and oxygen atoms in total. The minimum absolute atomic E-state index is 0. The zero-order valence-electron chi connectivity index (χ0n) is 14.9. The molecule has 25 heavy (non-hydrogen) atoms. The van der Waals surface area contributed by atoms with Crippen LogP contribution in [0.1, 0.15) is 37.0 Å². The molecule has 0 saturated carbocycles. The van der Waals surface area contributed by atoms with E-state index in [1.807, 2.05) is 6.92 Å². The van der Waals surface area contributed by atoms with Crippen molar-refractivity contribution in [2.75, 3.05) is 32.8 Å². The highest BCUT2D eigenvalue weighted by atomic mass is 127. The second-order valence-corrected chi connectivity index (χ2v) is 6.02. The zero-order valence-corrected chi connectivity index (χ0v) is 17.2. The third kappa shape index (κ3) is 7.55. The molecule has 0 spiro atoms. The van der Waals surface area contributed by atoms with Crippen LogP contribution in [0.4, 0.5) is 0 Å². The molecule has 1 unspecified atom stereocenters. The third-order valence-corrected chi connectivity index (χ3v) is 3.84. The van der Waals surface area contributed by atoms with E-state index < -0.39 is 0 Å². The first kappa shape index (κ1) is 21.6. The van der Waals surface area contributed by atoms with Gasteiger partial charge in [-0.05, 0) is 38.8 Å². The minimum atomic E-state index is -0.156. The summed E-state index contributed by atoms with van der Waals surface area (Å²) in [7, 11) is 0. The Morgan fingerprint density at radius 2 is 2.16 bits per heavy atom. The summed E-state index contributed by atoms with van der Waals surface area (Å²) >= 11 is 0. The van der Waals surface area contributed by atoms with Gasteiger partial charge in [-0.3, -0.25) is 14.8 Å². The molecule has 1 aliphatic rings. The van der Waals surface area contributed by atoms with Crippen LogP contribution in [0.15, 0.2) is 29.5 Å². The van der Waals surface area contributed by atoms with Crippen LogP contribution in [-0.4, -0.2) is 55.2 Å². The first-order chi connectivity index (χ1) is 11.6. The summed E-state index contributed by atoms with van der Waals surface area (Å²) < 4.78 is 5.75. The summed E-state index contributed by atoms with van der Waals surface area (Å²) in [5, 5.41) is 9.28. The van der Waals surface area contributed by atoms with Gasteiger partial charge in [-0.1, -0.05) is 0 Å². The van der Waals surface area contributed by atoms with Crippen molar-refractivity contribution in [2.24, 2.45) is 4.99 Å². The average Bonchev–Trinajstić information content (AvgIpc) is 3.04. The van der Waals surface area contributed by atoms with Gasteiger partial charge in [0, 0.05) is 38.6 Å². The van der Waals surface area contributed by atoms with E-state index in [1.165, 1.54) is 0 Å². The van der Waals surface area contributed by atoms with E-state index in [0.717, 1.165) is 32.0 Å². The van der Waals surface area contributed by atoms with Gasteiger partial charge in [0.1, 0.15) is 0 Å². The van der Waals surface area contributed by atoms with E-state index >= 15 is 0 Å². The molecule has 2 rings (SSSR count). The average molecular weight is 461 g/mol. The molecule has 0 aromatic carbocycles. The van der Waals surface area contributed by atoms with Gasteiger partial charge in [0.15, 0.2) is 5.96 Å². The van der Waals surface area contributed by atoms with Gasteiger partial charge in [-0.15, -0.1) is 24.0 Å². The molecule has 0 bridgehead atoms. The van der Waals surface area contributed by atoms with Crippen molar-refractivity contribution in [3.05, 3.63) is 30.1 Å². The molecule has 0 aliphatic carbocycles. The number of carbonyl (C=O) groups excluding carboxylic acids is 1. The maximum absolute atomic E-state index is 11.9. The lowest BCUT2D eigenvalue weighted by Crippen LogP contribution is -2.42. The van der Waals surface area contributed by atoms with Crippen LogP contribution in [-0.2, 0) is 4.74 Å². The molecular formula is C17H28IN5O2. The summed E-state index contributed by atoms with van der Waals surface area (Å²) in [6.45, 7) is 7.45. The maximum atomic E-state index is 11.9. The maximum Gasteiger partial charge on any atom is 0.252 e. The molecule has 8 heteroatoms. The number of guanidine groups is 1. The highest BCUT2D eigenvalue weighted by molar-refractivity contribution is 14.0. The standard InChI is InChI=1S/C17H27N5O2.HI/c1-3-19-16(22-13-17(2)7-5-11-24-17)21-10-9-20-15(23)14-6-4-8-18-12-14;/h4,6,8,12H,3,5,7,9-11,13H2,1-2H3,(H,20,23)(H2,19,21,22);1H. The third-order valence-electron chi connectivity index (χ3n) is 3.84. The van der Waals surface area contributed by atoms with Gasteiger partial charge in [0.2, 0.25) is 0 Å². The summed E-state index contributed by atoms with van der Waals surface area (Å²) in [5.41, 5.74) is 0.404. The van der Waals surface area contributed by atoms with Crippen molar-refractivity contribution in [3.8, 4) is 0 Å². The van der Waals surface area contributed by atoms with Crippen molar-refractivity contribution in [1.82, 2.24) is 20.9 Å². The number of carbonyl (C=O) groups is 1. The lowest BCUT2D eigenvalue weighted by Gasteiger charge is -2.21. The molecule has 140 valence electrons. The SMILES string of the molecule is CCNC(=NCC1(C)CCCO1)NCCNC(=O)c1cccnc1.I. The Hall–Kier alpha value is -1.42. The van der Waals surface area contributed by atoms with E-state index in [4.69, 9.17) is 4.74 Å². The number of rotatable bonds is 7. The summed E-state index contributed by atoms with van der Waals surface area (Å²) in [6.07, 6.45) is 5.33. The Balaban J connectivity index is 0.00000312. The predicted octanol–water partition coefficient (Wildman–Crippen LogP) is 1.55. The number of halogens is 1. The fourth-order valence-electron chi connectivity index (χ4n) is 2.51. The van der Waals surface area contributed by atoms with Gasteiger partial charge in [-0.25, -0.2) is 0 Å². The quantitative estimate of drug-likeness (QED) is 0.248. The van der Waals surface area contributed by atoms with Crippen LogP contribution >= 0.6 is 24.0 Å². The first-order valence-corrected chi connectivity index (χ1v) is 8.47. The highest BCUT2D eigenvalue weighted by Crippen LogP contribution is 2.24. The minimum Gasteiger partial charge on any atom is -0.373 e. The number of amides is 1. The summed E-state index contributed by atoms with van der Waals surface area (Å²) in [4.78, 5) is 20.4. The molecule has 1 aromatic rings. The van der Waals surface area contributed by atoms with Crippen molar-refractivity contribution < 1.29 is 9.53 Å². The van der Waals surface area contributed by atoms with Crippen LogP contribution in [0.3, 0.4) is 0 Å². The Morgan fingerprint density at radius 1 is 1.36 bits per heavy atom. The summed E-state index contributed by atoms with van der Waals surface area (Å²) in [5.74, 6) is 0.614. The number of hydrogen-bond donors (Lipinski definition) is 3. The van der Waals surface area contributed by atoms with E-state index in [9.17, 15) is 4.79 Å². The topological polar surface area (TPSA) is 87.6 Å². The molecule has 1 atom stereocenters. The first-order valence-electron chi connectivity index (χ1n) is 8.47. The smallest absolute Gasteiger partial charge is 0.252 e. The van der Waals surface area contributed by atoms with Crippen LogP contribution in [0.5, 0.6) is 0 Å². The van der Waals surface area contributed by atoms with Crippen LogP contribution in [0.25, 0.3) is 0 Å². The van der Waals surface area contributed by atoms with Crippen molar-refractivity contribution >= 4 is 35.8 Å². The largest absolute Gasteiger partial charge is 0.373 e. The number of aromatic nitrogens is 1. The molecule has 1 saturated heterocycles. The molecule has 1 aromatic heterocycles. The van der Waals surface area contributed by atoms with E-state index in [1.54, 1.807) is 24.5 Å². The molecule has 1 fully saturated rings. The Morgan fingerprint density at radius 3 is 2.80 bits per heavy atom. The summed E-state index contributed by atoms with van der Waals surface area (Å²) in [6, 6.07) is 3.48. The van der Waals surface area contributed by atoms with Gasteiger partial charge < -0.3 is 20.7 Å². The van der Waals surface area contributed by atoms with Crippen LogP contribution in [0, 0.1) is 0 Å². The predicted molar refractivity (Wildman–Crippen MR) is 110 cm³/mol. The molecule has 3 N–H and O–H groups in total. The molecule has 1 amide bonds. The number of nitrogens with one attached hydrogen (secondary N) is 3. The Labute approximate surface area is 166 Å². The molecule has 1 aliphatic heterocycles. The Bertz CT molecular complexity index is 547. The fourth-order valence-corrected chi connectivity index (χ4v) is 2.51. The lowest BCUT2D eigenvalue weighted by atomic mass is 10.0. The van der Waals surface area contributed by atoms with Gasteiger partial charge >= 0.3 is 0 Å². The number of aliphatic imine (C=N–C) groups is 1. The zero-order chi connectivity index (χ0) is 17.3. The van der Waals surface area contributed by atoms with Gasteiger partial charge in [0.05, 0.1) is 17.7 Å². The number of nitrogens with zero attached hydrogens (tertiary/aromatic N) is 2. The monoisotopic (exact) mass is 461 g/mol. The second kappa shape index (κ2) is 11.2. The number of pyridine rings is 1.